The van der Waals surface area contributed by atoms with Crippen LogP contribution < -0.4 is 4.74 Å². The maximum atomic E-state index is 15.5. The Morgan fingerprint density at radius 1 is 0.977 bits per heavy atom. The van der Waals surface area contributed by atoms with Gasteiger partial charge in [0.2, 0.25) is 0 Å². The molecule has 0 bridgehead atoms. The quantitative estimate of drug-likeness (QED) is 0.179. The lowest BCUT2D eigenvalue weighted by atomic mass is 10.0. The molecular weight excluding hydrogens is 564 g/mol. The Labute approximate surface area is 243 Å². The lowest BCUT2D eigenvalue weighted by molar-refractivity contribution is 0.0697. The zero-order valence-corrected chi connectivity index (χ0v) is 23.1. The van der Waals surface area contributed by atoms with Crippen molar-refractivity contribution in [1.82, 2.24) is 19.5 Å². The van der Waals surface area contributed by atoms with Crippen molar-refractivity contribution in [1.29, 1.82) is 0 Å². The molecule has 2 aromatic heterocycles. The molecule has 43 heavy (non-hydrogen) atoms. The molecule has 6 rings (SSSR count). The van der Waals surface area contributed by atoms with Crippen LogP contribution in [0.5, 0.6) is 6.01 Å². The van der Waals surface area contributed by atoms with Crippen LogP contribution in [-0.2, 0) is 19.6 Å². The highest BCUT2D eigenvalue weighted by molar-refractivity contribution is 5.92. The third-order valence-corrected chi connectivity index (χ3v) is 7.77. The first-order valence-corrected chi connectivity index (χ1v) is 13.6. The van der Waals surface area contributed by atoms with Gasteiger partial charge in [-0.15, -0.1) is 0 Å². The van der Waals surface area contributed by atoms with E-state index in [0.717, 1.165) is 17.7 Å². The summed E-state index contributed by atoms with van der Waals surface area (Å²) in [6.45, 7) is 1.32. The van der Waals surface area contributed by atoms with E-state index in [2.05, 4.69) is 15.0 Å². The minimum absolute atomic E-state index is 0.0155. The fourth-order valence-electron chi connectivity index (χ4n) is 5.03. The number of hydrogen-bond donors (Lipinski definition) is 1. The number of nitrogens with zero attached hydrogens (tertiary/aromatic N) is 4. The van der Waals surface area contributed by atoms with Crippen molar-refractivity contribution in [3.05, 3.63) is 106 Å². The number of aryl methyl sites for hydroxylation is 1. The second-order valence-corrected chi connectivity index (χ2v) is 11.0. The van der Waals surface area contributed by atoms with E-state index in [1.807, 2.05) is 0 Å². The van der Waals surface area contributed by atoms with Crippen molar-refractivity contribution in [2.24, 2.45) is 5.41 Å². The molecule has 0 saturated heterocycles. The zero-order valence-electron chi connectivity index (χ0n) is 23.1. The maximum absolute atomic E-state index is 15.5. The smallest absolute Gasteiger partial charge is 0.335 e. The third-order valence-electron chi connectivity index (χ3n) is 7.77. The van der Waals surface area contributed by atoms with Gasteiger partial charge in [-0.05, 0) is 73.4 Å². The Bertz CT molecular complexity index is 1870. The minimum atomic E-state index is -1.12. The fraction of sp³-hybridized carbons (Fsp3) is 0.250. The van der Waals surface area contributed by atoms with Crippen molar-refractivity contribution in [3.63, 3.8) is 0 Å². The predicted molar refractivity (Wildman–Crippen MR) is 150 cm³/mol. The summed E-state index contributed by atoms with van der Waals surface area (Å²) < 4.78 is 66.1. The SMILES string of the molecule is Cc1ccc(COc2nccc(-c3cc(F)c(Cc4nc5ccc(C(=O)O)cc5n4CC4(CF)CC4)cc3F)n2)c(F)c1. The Kier molecular flexibility index (Phi) is 7.33. The highest BCUT2D eigenvalue weighted by atomic mass is 19.1. The number of ether oxygens (including phenoxy) is 1. The van der Waals surface area contributed by atoms with Gasteiger partial charge < -0.3 is 14.4 Å². The largest absolute Gasteiger partial charge is 0.478 e. The molecule has 0 amide bonds. The molecule has 1 N–H and O–H groups in total. The Balaban J connectivity index is 1.28. The van der Waals surface area contributed by atoms with Crippen molar-refractivity contribution < 1.29 is 32.2 Å². The zero-order chi connectivity index (χ0) is 30.3. The van der Waals surface area contributed by atoms with E-state index in [1.54, 1.807) is 29.7 Å². The summed E-state index contributed by atoms with van der Waals surface area (Å²) in [5.74, 6) is -2.65. The first kappa shape index (κ1) is 28.3. The maximum Gasteiger partial charge on any atom is 0.335 e. The van der Waals surface area contributed by atoms with Gasteiger partial charge in [0.15, 0.2) is 0 Å². The molecule has 11 heteroatoms. The molecule has 220 valence electrons. The number of aromatic nitrogens is 4. The molecular formula is C32H26F4N4O3. The molecule has 0 atom stereocenters. The molecule has 1 aliphatic rings. The number of alkyl halides is 1. The number of imidazole rings is 1. The van der Waals surface area contributed by atoms with Crippen LogP contribution in [0.3, 0.4) is 0 Å². The Hall–Kier alpha value is -4.80. The lowest BCUT2D eigenvalue weighted by Gasteiger charge is -2.16. The standard InChI is InChI=1S/C32H26F4N4O3/c1-18-2-3-20(23(34)10-18)15-43-31-37-9-6-26(39-31)22-14-24(35)21(11-25(22)36)13-29-38-27-5-4-19(30(41)42)12-28(27)40(29)17-32(16-33)7-8-32/h2-6,9-12,14H,7-8,13,15-17H2,1H3,(H,41,42). The van der Waals surface area contributed by atoms with Gasteiger partial charge in [-0.2, -0.15) is 4.98 Å². The van der Waals surface area contributed by atoms with Crippen molar-refractivity contribution >= 4 is 17.0 Å². The average Bonchev–Trinajstić information content (AvgIpc) is 3.69. The number of aromatic carboxylic acids is 1. The second-order valence-electron chi connectivity index (χ2n) is 11.0. The van der Waals surface area contributed by atoms with Gasteiger partial charge in [0.25, 0.3) is 0 Å². The minimum Gasteiger partial charge on any atom is -0.478 e. The molecule has 0 aliphatic heterocycles. The van der Waals surface area contributed by atoms with Crippen LogP contribution in [0.15, 0.2) is 60.8 Å². The van der Waals surface area contributed by atoms with E-state index < -0.39 is 35.5 Å². The summed E-state index contributed by atoms with van der Waals surface area (Å²) in [5.41, 5.74) is 1.46. The van der Waals surface area contributed by atoms with Crippen LogP contribution in [-0.4, -0.2) is 37.3 Å². The molecule has 1 saturated carbocycles. The third kappa shape index (κ3) is 5.79. The predicted octanol–water partition coefficient (Wildman–Crippen LogP) is 6.84. The van der Waals surface area contributed by atoms with Gasteiger partial charge >= 0.3 is 12.0 Å². The van der Waals surface area contributed by atoms with E-state index in [-0.39, 0.29) is 48.0 Å². The van der Waals surface area contributed by atoms with E-state index in [9.17, 15) is 18.7 Å². The number of rotatable bonds is 10. The number of fused-ring (bicyclic) bond motifs is 1. The topological polar surface area (TPSA) is 90.1 Å². The number of hydrogen-bond acceptors (Lipinski definition) is 5. The van der Waals surface area contributed by atoms with E-state index >= 15 is 8.78 Å². The highest BCUT2D eigenvalue weighted by Gasteiger charge is 2.44. The lowest BCUT2D eigenvalue weighted by Crippen LogP contribution is -2.16. The van der Waals surface area contributed by atoms with Gasteiger partial charge in [0, 0.05) is 35.7 Å². The molecule has 2 heterocycles. The summed E-state index contributed by atoms with van der Waals surface area (Å²) in [6.07, 6.45) is 2.57. The normalized spacial score (nSPS) is 13.8. The van der Waals surface area contributed by atoms with Gasteiger partial charge in [0.05, 0.1) is 29.0 Å². The van der Waals surface area contributed by atoms with Crippen molar-refractivity contribution in [3.8, 4) is 17.3 Å². The van der Waals surface area contributed by atoms with E-state index in [4.69, 9.17) is 4.74 Å². The van der Waals surface area contributed by atoms with Gasteiger partial charge in [0.1, 0.15) is 29.9 Å². The van der Waals surface area contributed by atoms with Gasteiger partial charge in [-0.1, -0.05) is 12.1 Å². The fourth-order valence-corrected chi connectivity index (χ4v) is 5.03. The second kappa shape index (κ2) is 11.1. The van der Waals surface area contributed by atoms with E-state index in [1.165, 1.54) is 30.5 Å². The highest BCUT2D eigenvalue weighted by Crippen LogP contribution is 2.48. The number of benzene rings is 3. The summed E-state index contributed by atoms with van der Waals surface area (Å²) in [4.78, 5) is 24.3. The summed E-state index contributed by atoms with van der Waals surface area (Å²) >= 11 is 0. The van der Waals surface area contributed by atoms with Crippen LogP contribution in [0.2, 0.25) is 0 Å². The van der Waals surface area contributed by atoms with Crippen LogP contribution in [0.25, 0.3) is 22.3 Å². The number of halogens is 4. The molecule has 5 aromatic rings. The summed E-state index contributed by atoms with van der Waals surface area (Å²) in [6, 6.07) is 12.5. The van der Waals surface area contributed by atoms with Crippen LogP contribution in [0.1, 0.15) is 45.7 Å². The molecule has 0 radical (unpaired) electrons. The molecule has 0 unspecified atom stereocenters. The van der Waals surface area contributed by atoms with Crippen molar-refractivity contribution in [2.45, 2.75) is 39.3 Å². The molecule has 0 spiro atoms. The van der Waals surface area contributed by atoms with Crippen LogP contribution >= 0.6 is 0 Å². The number of carbonyl (C=O) groups is 1. The average molecular weight is 591 g/mol. The van der Waals surface area contributed by atoms with Gasteiger partial charge in [-0.25, -0.2) is 27.9 Å². The summed E-state index contributed by atoms with van der Waals surface area (Å²) in [5, 5.41) is 9.46. The molecule has 1 fully saturated rings. The van der Waals surface area contributed by atoms with Crippen LogP contribution in [0.4, 0.5) is 17.6 Å². The molecule has 1 aliphatic carbocycles. The van der Waals surface area contributed by atoms with E-state index in [0.29, 0.717) is 35.3 Å². The Morgan fingerprint density at radius 2 is 1.77 bits per heavy atom. The first-order chi connectivity index (χ1) is 20.6. The number of carboxylic acid groups (broad SMARTS) is 1. The van der Waals surface area contributed by atoms with Crippen LogP contribution in [0, 0.1) is 29.8 Å². The monoisotopic (exact) mass is 590 g/mol. The first-order valence-electron chi connectivity index (χ1n) is 13.6. The molecule has 3 aromatic carbocycles. The summed E-state index contributed by atoms with van der Waals surface area (Å²) in [7, 11) is 0. The Morgan fingerprint density at radius 3 is 2.49 bits per heavy atom. The number of carboxylic acids is 1. The molecule has 7 nitrogen and oxygen atoms in total. The van der Waals surface area contributed by atoms with Crippen molar-refractivity contribution in [2.75, 3.05) is 6.67 Å². The van der Waals surface area contributed by atoms with Gasteiger partial charge in [-0.3, -0.25) is 4.39 Å².